The fourth-order valence-electron chi connectivity index (χ4n) is 1.33. The third kappa shape index (κ3) is 4.49. The largest absolute Gasteiger partial charge is 0.469 e. The third-order valence-corrected chi connectivity index (χ3v) is 1.90. The molecule has 0 radical (unpaired) electrons. The van der Waals surface area contributed by atoms with E-state index in [-0.39, 0.29) is 11.9 Å². The van der Waals surface area contributed by atoms with Gasteiger partial charge < -0.3 is 9.73 Å². The summed E-state index contributed by atoms with van der Waals surface area (Å²) in [5.74, 6) is 0.842. The van der Waals surface area contributed by atoms with Gasteiger partial charge in [-0.3, -0.25) is 4.79 Å². The molecule has 0 aliphatic rings. The SMILES string of the molecule is CC(C)=CC(=O)N[C@H](C)Cc1ccco1. The van der Waals surface area contributed by atoms with Gasteiger partial charge >= 0.3 is 0 Å². The molecule has 0 aliphatic heterocycles. The van der Waals surface area contributed by atoms with E-state index in [2.05, 4.69) is 5.32 Å². The summed E-state index contributed by atoms with van der Waals surface area (Å²) in [5.41, 5.74) is 0.998. The molecular weight excluding hydrogens is 190 g/mol. The Balaban J connectivity index is 2.39. The molecule has 0 unspecified atom stereocenters. The van der Waals surface area contributed by atoms with E-state index in [0.717, 1.165) is 17.8 Å². The van der Waals surface area contributed by atoms with Crippen molar-refractivity contribution in [3.05, 3.63) is 35.8 Å². The molecule has 1 amide bonds. The zero-order valence-electron chi connectivity index (χ0n) is 9.41. The van der Waals surface area contributed by atoms with Crippen LogP contribution >= 0.6 is 0 Å². The highest BCUT2D eigenvalue weighted by atomic mass is 16.3. The molecule has 3 heteroatoms. The molecular formula is C12H17NO2. The highest BCUT2D eigenvalue weighted by molar-refractivity contribution is 5.88. The van der Waals surface area contributed by atoms with Crippen molar-refractivity contribution in [3.63, 3.8) is 0 Å². The molecule has 0 aliphatic carbocycles. The quantitative estimate of drug-likeness (QED) is 0.770. The van der Waals surface area contributed by atoms with Gasteiger partial charge in [0, 0.05) is 18.5 Å². The Morgan fingerprint density at radius 1 is 1.60 bits per heavy atom. The van der Waals surface area contributed by atoms with Gasteiger partial charge in [-0.05, 0) is 32.9 Å². The first-order chi connectivity index (χ1) is 7.08. The number of carbonyl (C=O) groups is 1. The van der Waals surface area contributed by atoms with Crippen LogP contribution in [0, 0.1) is 0 Å². The zero-order valence-corrected chi connectivity index (χ0v) is 9.41. The van der Waals surface area contributed by atoms with Crippen molar-refractivity contribution < 1.29 is 9.21 Å². The van der Waals surface area contributed by atoms with Gasteiger partial charge in [-0.15, -0.1) is 0 Å². The second-order valence-corrected chi connectivity index (χ2v) is 3.91. The first-order valence-electron chi connectivity index (χ1n) is 5.05. The van der Waals surface area contributed by atoms with Gasteiger partial charge in [0.15, 0.2) is 0 Å². The minimum absolute atomic E-state index is 0.0472. The number of carbonyl (C=O) groups excluding carboxylic acids is 1. The summed E-state index contributed by atoms with van der Waals surface area (Å²) in [4.78, 5) is 11.4. The van der Waals surface area contributed by atoms with Crippen molar-refractivity contribution in [2.75, 3.05) is 0 Å². The van der Waals surface area contributed by atoms with Gasteiger partial charge in [0.1, 0.15) is 5.76 Å². The van der Waals surface area contributed by atoms with Crippen LogP contribution in [-0.2, 0) is 11.2 Å². The number of rotatable bonds is 4. The van der Waals surface area contributed by atoms with Crippen molar-refractivity contribution >= 4 is 5.91 Å². The van der Waals surface area contributed by atoms with E-state index in [1.165, 1.54) is 0 Å². The number of nitrogens with one attached hydrogen (secondary N) is 1. The number of furan rings is 1. The van der Waals surface area contributed by atoms with Gasteiger partial charge in [0.25, 0.3) is 0 Å². The Hall–Kier alpha value is -1.51. The monoisotopic (exact) mass is 207 g/mol. The van der Waals surface area contributed by atoms with Gasteiger partial charge in [-0.25, -0.2) is 0 Å². The molecule has 0 bridgehead atoms. The standard InChI is InChI=1S/C12H17NO2/c1-9(2)7-12(14)13-10(3)8-11-5-4-6-15-11/h4-7,10H,8H2,1-3H3,(H,13,14)/t10-/m1/s1. The minimum Gasteiger partial charge on any atom is -0.469 e. The van der Waals surface area contributed by atoms with Gasteiger partial charge in [-0.2, -0.15) is 0 Å². The summed E-state index contributed by atoms with van der Waals surface area (Å²) in [7, 11) is 0. The first-order valence-corrected chi connectivity index (χ1v) is 5.05. The number of hydrogen-bond acceptors (Lipinski definition) is 2. The van der Waals surface area contributed by atoms with E-state index in [1.807, 2.05) is 32.9 Å². The topological polar surface area (TPSA) is 42.2 Å². The van der Waals surface area contributed by atoms with Gasteiger partial charge in [0.2, 0.25) is 5.91 Å². The van der Waals surface area contributed by atoms with Crippen LogP contribution < -0.4 is 5.32 Å². The number of amides is 1. The van der Waals surface area contributed by atoms with Crippen molar-refractivity contribution in [3.8, 4) is 0 Å². The van der Waals surface area contributed by atoms with Crippen LogP contribution in [0.15, 0.2) is 34.5 Å². The van der Waals surface area contributed by atoms with E-state index in [0.29, 0.717) is 0 Å². The first kappa shape index (κ1) is 11.6. The molecule has 0 aromatic carbocycles. The molecule has 3 nitrogen and oxygen atoms in total. The summed E-state index contributed by atoms with van der Waals surface area (Å²) in [6, 6.07) is 3.84. The van der Waals surface area contributed by atoms with E-state index in [4.69, 9.17) is 4.42 Å². The maximum Gasteiger partial charge on any atom is 0.244 e. The van der Waals surface area contributed by atoms with Crippen LogP contribution in [0.3, 0.4) is 0 Å². The summed E-state index contributed by atoms with van der Waals surface area (Å²) in [6.45, 7) is 5.76. The number of hydrogen-bond donors (Lipinski definition) is 1. The Labute approximate surface area is 90.2 Å². The average Bonchev–Trinajstić information content (AvgIpc) is 2.53. The zero-order chi connectivity index (χ0) is 11.3. The lowest BCUT2D eigenvalue weighted by molar-refractivity contribution is -0.117. The van der Waals surface area contributed by atoms with Crippen LogP contribution in [0.2, 0.25) is 0 Å². The van der Waals surface area contributed by atoms with E-state index >= 15 is 0 Å². The predicted octanol–water partition coefficient (Wildman–Crippen LogP) is 2.29. The molecule has 15 heavy (non-hydrogen) atoms. The lowest BCUT2D eigenvalue weighted by Crippen LogP contribution is -2.32. The normalized spacial score (nSPS) is 11.9. The van der Waals surface area contributed by atoms with Crippen molar-refractivity contribution in [2.45, 2.75) is 33.2 Å². The fraction of sp³-hybridized carbons (Fsp3) is 0.417. The number of allylic oxidation sites excluding steroid dienone is 1. The summed E-state index contributed by atoms with van der Waals surface area (Å²) in [5, 5.41) is 2.87. The second kappa shape index (κ2) is 5.39. The fourth-order valence-corrected chi connectivity index (χ4v) is 1.33. The summed E-state index contributed by atoms with van der Waals surface area (Å²) >= 11 is 0. The molecule has 1 rings (SSSR count). The molecule has 0 fully saturated rings. The van der Waals surface area contributed by atoms with Crippen molar-refractivity contribution in [1.82, 2.24) is 5.32 Å². The molecule has 0 saturated heterocycles. The van der Waals surface area contributed by atoms with Gasteiger partial charge in [-0.1, -0.05) is 5.57 Å². The van der Waals surface area contributed by atoms with Gasteiger partial charge in [0.05, 0.1) is 6.26 Å². The maximum atomic E-state index is 11.4. The molecule has 0 saturated carbocycles. The molecule has 0 spiro atoms. The van der Waals surface area contributed by atoms with Crippen LogP contribution in [0.5, 0.6) is 0 Å². The van der Waals surface area contributed by atoms with E-state index < -0.39 is 0 Å². The van der Waals surface area contributed by atoms with Crippen LogP contribution in [0.4, 0.5) is 0 Å². The van der Waals surface area contributed by atoms with E-state index in [1.54, 1.807) is 12.3 Å². The molecule has 1 heterocycles. The Bertz CT molecular complexity index is 335. The molecule has 1 aromatic rings. The maximum absolute atomic E-state index is 11.4. The highest BCUT2D eigenvalue weighted by Crippen LogP contribution is 2.03. The van der Waals surface area contributed by atoms with Crippen molar-refractivity contribution in [2.24, 2.45) is 0 Å². The average molecular weight is 207 g/mol. The van der Waals surface area contributed by atoms with Crippen molar-refractivity contribution in [1.29, 1.82) is 0 Å². The predicted molar refractivity (Wildman–Crippen MR) is 59.4 cm³/mol. The smallest absolute Gasteiger partial charge is 0.244 e. The Morgan fingerprint density at radius 3 is 2.87 bits per heavy atom. The molecule has 1 N–H and O–H groups in total. The minimum atomic E-state index is -0.0472. The molecule has 82 valence electrons. The lowest BCUT2D eigenvalue weighted by Gasteiger charge is -2.10. The van der Waals surface area contributed by atoms with Crippen LogP contribution in [-0.4, -0.2) is 11.9 Å². The highest BCUT2D eigenvalue weighted by Gasteiger charge is 2.07. The summed E-state index contributed by atoms with van der Waals surface area (Å²) < 4.78 is 5.20. The molecule has 1 aromatic heterocycles. The third-order valence-electron chi connectivity index (χ3n) is 1.90. The Morgan fingerprint density at radius 2 is 2.33 bits per heavy atom. The van der Waals surface area contributed by atoms with E-state index in [9.17, 15) is 4.79 Å². The van der Waals surface area contributed by atoms with Crippen LogP contribution in [0.1, 0.15) is 26.5 Å². The second-order valence-electron chi connectivity index (χ2n) is 3.91. The van der Waals surface area contributed by atoms with Crippen LogP contribution in [0.25, 0.3) is 0 Å². The Kier molecular flexibility index (Phi) is 4.16. The molecule has 1 atom stereocenters. The lowest BCUT2D eigenvalue weighted by atomic mass is 10.2. The summed E-state index contributed by atoms with van der Waals surface area (Å²) in [6.07, 6.45) is 3.95.